The third-order valence-electron chi connectivity index (χ3n) is 3.95. The third-order valence-corrected chi connectivity index (χ3v) is 3.95. The van der Waals surface area contributed by atoms with Gasteiger partial charge < -0.3 is 19.6 Å². The summed E-state index contributed by atoms with van der Waals surface area (Å²) in [5.41, 5.74) is 0.275. The Morgan fingerprint density at radius 1 is 1.07 bits per heavy atom. The predicted molar refractivity (Wildman–Crippen MR) is 111 cm³/mol. The van der Waals surface area contributed by atoms with Crippen molar-refractivity contribution in [3.8, 4) is 0 Å². The van der Waals surface area contributed by atoms with E-state index in [1.54, 1.807) is 27.0 Å². The molecular formula is C22H30N2O5. The Hall–Kier alpha value is -2.83. The van der Waals surface area contributed by atoms with Gasteiger partial charge in [-0.2, -0.15) is 0 Å². The largest absolute Gasteiger partial charge is 0.444 e. The van der Waals surface area contributed by atoms with E-state index >= 15 is 0 Å². The number of nitrogens with one attached hydrogen (secondary N) is 1. The maximum atomic E-state index is 12.6. The van der Waals surface area contributed by atoms with Crippen molar-refractivity contribution in [1.82, 2.24) is 9.88 Å². The standard InChI is InChI=1S/C22H30N2O5/c1-21(2,3)28-19(26)23-16(11-12-25)13-15-14-24(20(27)29-22(4,5)6)18-10-8-7-9-17(15)18/h7-10,12,14,16H,11,13H2,1-6H3,(H,23,26)/t16-/m1/s1. The Bertz CT molecular complexity index is 887. The van der Waals surface area contributed by atoms with E-state index < -0.39 is 29.4 Å². The summed E-state index contributed by atoms with van der Waals surface area (Å²) in [6.45, 7) is 10.7. The topological polar surface area (TPSA) is 86.6 Å². The molecule has 0 aliphatic rings. The smallest absolute Gasteiger partial charge is 0.419 e. The first-order valence-corrected chi connectivity index (χ1v) is 9.65. The fourth-order valence-corrected chi connectivity index (χ4v) is 2.92. The molecule has 29 heavy (non-hydrogen) atoms. The number of alkyl carbamates (subject to hydrolysis) is 1. The summed E-state index contributed by atoms with van der Waals surface area (Å²) in [5.74, 6) is 0. The molecule has 1 amide bonds. The zero-order valence-corrected chi connectivity index (χ0v) is 17.9. The zero-order chi connectivity index (χ0) is 21.8. The van der Waals surface area contributed by atoms with E-state index in [0.29, 0.717) is 11.9 Å². The molecule has 0 unspecified atom stereocenters. The van der Waals surface area contributed by atoms with Crippen LogP contribution in [0.5, 0.6) is 0 Å². The third kappa shape index (κ3) is 6.62. The number of para-hydroxylation sites is 1. The van der Waals surface area contributed by atoms with Crippen LogP contribution in [0.4, 0.5) is 9.59 Å². The molecule has 0 spiro atoms. The molecule has 7 heteroatoms. The van der Waals surface area contributed by atoms with Crippen LogP contribution in [0.1, 0.15) is 53.5 Å². The van der Waals surface area contributed by atoms with Crippen molar-refractivity contribution in [2.75, 3.05) is 0 Å². The number of hydrogen-bond donors (Lipinski definition) is 1. The Morgan fingerprint density at radius 2 is 1.69 bits per heavy atom. The number of aldehydes is 1. The van der Waals surface area contributed by atoms with Crippen molar-refractivity contribution < 1.29 is 23.9 Å². The Morgan fingerprint density at radius 3 is 2.28 bits per heavy atom. The molecule has 1 heterocycles. The Kier molecular flexibility index (Phi) is 6.72. The highest BCUT2D eigenvalue weighted by Gasteiger charge is 2.23. The monoisotopic (exact) mass is 402 g/mol. The average Bonchev–Trinajstić information content (AvgIpc) is 2.91. The van der Waals surface area contributed by atoms with Gasteiger partial charge in [0.1, 0.15) is 17.5 Å². The van der Waals surface area contributed by atoms with Crippen LogP contribution in [0.2, 0.25) is 0 Å². The van der Waals surface area contributed by atoms with Crippen LogP contribution >= 0.6 is 0 Å². The van der Waals surface area contributed by atoms with Gasteiger partial charge in [-0.15, -0.1) is 0 Å². The van der Waals surface area contributed by atoms with Crippen LogP contribution in [0, 0.1) is 0 Å². The lowest BCUT2D eigenvalue weighted by Gasteiger charge is -2.22. The summed E-state index contributed by atoms with van der Waals surface area (Å²) in [4.78, 5) is 35.9. The lowest BCUT2D eigenvalue weighted by molar-refractivity contribution is -0.108. The fourth-order valence-electron chi connectivity index (χ4n) is 2.92. The van der Waals surface area contributed by atoms with Gasteiger partial charge in [-0.1, -0.05) is 18.2 Å². The number of rotatable bonds is 5. The fraction of sp³-hybridized carbons (Fsp3) is 0.500. The SMILES string of the molecule is CC(C)(C)OC(=O)N[C@H](CC=O)Cc1cn(C(=O)OC(C)(C)C)c2ccccc12. The Labute approximate surface area is 171 Å². The maximum Gasteiger partial charge on any atom is 0.419 e. The molecule has 0 fully saturated rings. The number of carbonyl (C=O) groups is 3. The van der Waals surface area contributed by atoms with E-state index in [2.05, 4.69) is 5.32 Å². The van der Waals surface area contributed by atoms with Crippen LogP contribution < -0.4 is 5.32 Å². The van der Waals surface area contributed by atoms with Crippen molar-refractivity contribution in [1.29, 1.82) is 0 Å². The summed E-state index contributed by atoms with van der Waals surface area (Å²) >= 11 is 0. The first-order chi connectivity index (χ1) is 13.4. The first-order valence-electron chi connectivity index (χ1n) is 9.65. The minimum Gasteiger partial charge on any atom is -0.444 e. The number of aromatic nitrogens is 1. The molecule has 158 valence electrons. The highest BCUT2D eigenvalue weighted by Crippen LogP contribution is 2.24. The summed E-state index contributed by atoms with van der Waals surface area (Å²) in [7, 11) is 0. The number of hydrogen-bond acceptors (Lipinski definition) is 5. The molecule has 1 N–H and O–H groups in total. The van der Waals surface area contributed by atoms with Gasteiger partial charge in [0.2, 0.25) is 0 Å². The minimum atomic E-state index is -0.636. The van der Waals surface area contributed by atoms with Gasteiger partial charge in [0.05, 0.1) is 5.52 Å². The van der Waals surface area contributed by atoms with Crippen LogP contribution in [-0.4, -0.2) is 40.3 Å². The number of benzene rings is 1. The normalized spacial score (nSPS) is 13.0. The average molecular weight is 402 g/mol. The summed E-state index contributed by atoms with van der Waals surface area (Å²) in [6.07, 6.45) is 1.90. The second kappa shape index (κ2) is 8.68. The number of amides is 1. The molecule has 1 aromatic heterocycles. The second-order valence-electron chi connectivity index (χ2n) is 8.97. The van der Waals surface area contributed by atoms with Crippen LogP contribution in [0.3, 0.4) is 0 Å². The molecular weight excluding hydrogens is 372 g/mol. The van der Waals surface area contributed by atoms with Gasteiger partial charge in [0.25, 0.3) is 0 Å². The van der Waals surface area contributed by atoms with E-state index in [1.807, 2.05) is 45.0 Å². The van der Waals surface area contributed by atoms with E-state index in [9.17, 15) is 14.4 Å². The number of ether oxygens (including phenoxy) is 2. The van der Waals surface area contributed by atoms with E-state index in [1.165, 1.54) is 4.57 Å². The molecule has 0 aliphatic carbocycles. The molecule has 0 bridgehead atoms. The van der Waals surface area contributed by atoms with Crippen LogP contribution in [-0.2, 0) is 20.7 Å². The summed E-state index contributed by atoms with van der Waals surface area (Å²) in [6, 6.07) is 6.99. The van der Waals surface area contributed by atoms with Gasteiger partial charge in [0, 0.05) is 24.0 Å². The van der Waals surface area contributed by atoms with Crippen LogP contribution in [0.15, 0.2) is 30.5 Å². The molecule has 0 saturated carbocycles. The molecule has 0 saturated heterocycles. The van der Waals surface area contributed by atoms with Crippen molar-refractivity contribution in [3.63, 3.8) is 0 Å². The van der Waals surface area contributed by atoms with Crippen molar-refractivity contribution in [2.45, 2.75) is 71.6 Å². The van der Waals surface area contributed by atoms with Gasteiger partial charge in [-0.3, -0.25) is 4.57 Å². The maximum absolute atomic E-state index is 12.6. The first kappa shape index (κ1) is 22.5. The van der Waals surface area contributed by atoms with Crippen LogP contribution in [0.25, 0.3) is 10.9 Å². The van der Waals surface area contributed by atoms with Gasteiger partial charge in [0.15, 0.2) is 0 Å². The summed E-state index contributed by atoms with van der Waals surface area (Å²) < 4.78 is 12.2. The van der Waals surface area contributed by atoms with Gasteiger partial charge >= 0.3 is 12.2 Å². The molecule has 2 aromatic rings. The molecule has 0 radical (unpaired) electrons. The van der Waals surface area contributed by atoms with Crippen molar-refractivity contribution in [3.05, 3.63) is 36.0 Å². The zero-order valence-electron chi connectivity index (χ0n) is 17.9. The van der Waals surface area contributed by atoms with E-state index in [-0.39, 0.29) is 6.42 Å². The number of fused-ring (bicyclic) bond motifs is 1. The predicted octanol–water partition coefficient (Wildman–Crippen LogP) is 4.45. The number of carbonyl (C=O) groups excluding carboxylic acids is 3. The van der Waals surface area contributed by atoms with E-state index in [4.69, 9.17) is 9.47 Å². The highest BCUT2D eigenvalue weighted by atomic mass is 16.6. The van der Waals surface area contributed by atoms with E-state index in [0.717, 1.165) is 17.2 Å². The Balaban J connectivity index is 2.30. The molecule has 7 nitrogen and oxygen atoms in total. The quantitative estimate of drug-likeness (QED) is 0.747. The lowest BCUT2D eigenvalue weighted by atomic mass is 10.0. The molecule has 2 rings (SSSR count). The van der Waals surface area contributed by atoms with Crippen molar-refractivity contribution in [2.24, 2.45) is 0 Å². The molecule has 1 aromatic carbocycles. The minimum absolute atomic E-state index is 0.130. The lowest BCUT2D eigenvalue weighted by Crippen LogP contribution is -2.40. The highest BCUT2D eigenvalue weighted by molar-refractivity contribution is 5.92. The number of nitrogens with zero attached hydrogens (tertiary/aromatic N) is 1. The van der Waals surface area contributed by atoms with Gasteiger partial charge in [-0.05, 0) is 59.6 Å². The van der Waals surface area contributed by atoms with Crippen molar-refractivity contribution >= 4 is 29.4 Å². The molecule has 1 atom stereocenters. The van der Waals surface area contributed by atoms with Gasteiger partial charge in [-0.25, -0.2) is 9.59 Å². The summed E-state index contributed by atoms with van der Waals surface area (Å²) in [5, 5.41) is 3.61. The second-order valence-corrected chi connectivity index (χ2v) is 8.97. The molecule has 0 aliphatic heterocycles.